The van der Waals surface area contributed by atoms with Gasteiger partial charge in [0.05, 0.1) is 61.5 Å². The van der Waals surface area contributed by atoms with Crippen LogP contribution in [0.25, 0.3) is 0 Å². The van der Waals surface area contributed by atoms with E-state index in [1.165, 1.54) is 21.3 Å². The second-order valence-electron chi connectivity index (χ2n) is 10.4. The SMILES string of the molecule is COc1ccc([C@H]2OC[C@]3(O[C@@H]4O[C@H](CO)[C@@H](O)[C@H](O)[C@H]4O)[C@@H](c4cc(OC)c(OC)c(OC)c4)OC[C@H]23)cc1OC. The molecule has 3 aliphatic rings. The molecular weight excluding hydrogens is 556 g/mol. The number of fused-ring (bicyclic) bond motifs is 1. The van der Waals surface area contributed by atoms with E-state index in [-0.39, 0.29) is 13.2 Å². The molecule has 13 nitrogen and oxygen atoms in total. The first kappa shape index (κ1) is 30.6. The van der Waals surface area contributed by atoms with E-state index in [1.54, 1.807) is 32.4 Å². The second-order valence-corrected chi connectivity index (χ2v) is 10.4. The molecule has 42 heavy (non-hydrogen) atoms. The summed E-state index contributed by atoms with van der Waals surface area (Å²) in [5, 5.41) is 41.5. The van der Waals surface area contributed by atoms with Crippen LogP contribution in [0.1, 0.15) is 23.3 Å². The van der Waals surface area contributed by atoms with Crippen LogP contribution in [0.2, 0.25) is 0 Å². The van der Waals surface area contributed by atoms with E-state index in [9.17, 15) is 20.4 Å². The van der Waals surface area contributed by atoms with Gasteiger partial charge >= 0.3 is 0 Å². The van der Waals surface area contributed by atoms with Crippen molar-refractivity contribution in [2.45, 2.75) is 48.5 Å². The summed E-state index contributed by atoms with van der Waals surface area (Å²) in [5.74, 6) is 1.83. The molecule has 3 fully saturated rings. The predicted octanol–water partition coefficient (Wildman–Crippen LogP) is 0.744. The van der Waals surface area contributed by atoms with E-state index in [0.717, 1.165) is 5.56 Å². The van der Waals surface area contributed by atoms with Crippen LogP contribution in [-0.4, -0.2) is 112 Å². The van der Waals surface area contributed by atoms with Gasteiger partial charge in [-0.15, -0.1) is 0 Å². The maximum Gasteiger partial charge on any atom is 0.203 e. The lowest BCUT2D eigenvalue weighted by molar-refractivity contribution is -0.334. The van der Waals surface area contributed by atoms with Crippen LogP contribution >= 0.6 is 0 Å². The molecule has 0 unspecified atom stereocenters. The predicted molar refractivity (Wildman–Crippen MR) is 144 cm³/mol. The summed E-state index contributed by atoms with van der Waals surface area (Å²) in [7, 11) is 7.61. The van der Waals surface area contributed by atoms with E-state index >= 15 is 0 Å². The number of aliphatic hydroxyl groups excluding tert-OH is 4. The number of benzene rings is 2. The summed E-state index contributed by atoms with van der Waals surface area (Å²) in [4.78, 5) is 0. The van der Waals surface area contributed by atoms with Gasteiger partial charge in [-0.2, -0.15) is 0 Å². The topological polar surface area (TPSA) is 164 Å². The molecule has 0 saturated carbocycles. The molecule has 4 N–H and O–H groups in total. The maximum absolute atomic E-state index is 10.9. The molecule has 5 rings (SSSR count). The molecule has 0 amide bonds. The Balaban J connectivity index is 1.58. The Morgan fingerprint density at radius 1 is 0.762 bits per heavy atom. The van der Waals surface area contributed by atoms with Gasteiger partial charge in [-0.05, 0) is 35.4 Å². The molecule has 3 heterocycles. The Kier molecular flexibility index (Phi) is 9.02. The van der Waals surface area contributed by atoms with Crippen molar-refractivity contribution in [3.8, 4) is 28.7 Å². The Bertz CT molecular complexity index is 1210. The van der Waals surface area contributed by atoms with Crippen molar-refractivity contribution in [1.82, 2.24) is 0 Å². The lowest BCUT2D eigenvalue weighted by atomic mass is 9.80. The summed E-state index contributed by atoms with van der Waals surface area (Å²) in [6.07, 6.45) is -8.68. The van der Waals surface area contributed by atoms with Crippen molar-refractivity contribution in [1.29, 1.82) is 0 Å². The summed E-state index contributed by atoms with van der Waals surface area (Å²) in [5.41, 5.74) is 0.134. The molecule has 3 saturated heterocycles. The monoisotopic (exact) mass is 594 g/mol. The minimum absolute atomic E-state index is 0.00697. The first-order valence-electron chi connectivity index (χ1n) is 13.5. The number of aliphatic hydroxyl groups is 4. The third-order valence-corrected chi connectivity index (χ3v) is 8.28. The maximum atomic E-state index is 10.9. The quantitative estimate of drug-likeness (QED) is 0.305. The standard InChI is InChI=1S/C29H38O13/c1-34-17-7-6-14(8-18(17)35-2)25-16-12-39-27(15-9-19(36-3)26(38-5)20(10-15)37-4)29(16,13-40-25)42-28-24(33)23(32)22(31)21(11-30)41-28/h6-10,16,21-25,27-28,30-33H,11-13H2,1-5H3/t16-,21-,22-,23+,24-,25-,27-,28+,29-/m1/s1. The fraction of sp³-hybridized carbons (Fsp3) is 0.586. The van der Waals surface area contributed by atoms with E-state index < -0.39 is 61.0 Å². The van der Waals surface area contributed by atoms with Crippen LogP contribution < -0.4 is 23.7 Å². The smallest absolute Gasteiger partial charge is 0.203 e. The Morgan fingerprint density at radius 3 is 2.00 bits per heavy atom. The first-order valence-corrected chi connectivity index (χ1v) is 13.5. The highest BCUT2D eigenvalue weighted by atomic mass is 16.7. The van der Waals surface area contributed by atoms with Gasteiger partial charge in [0.25, 0.3) is 0 Å². The zero-order chi connectivity index (χ0) is 30.2. The fourth-order valence-corrected chi connectivity index (χ4v) is 6.09. The summed E-state index contributed by atoms with van der Waals surface area (Å²) in [6.45, 7) is -0.399. The molecule has 13 heteroatoms. The lowest BCUT2D eigenvalue weighted by Gasteiger charge is -2.44. The van der Waals surface area contributed by atoms with Crippen LogP contribution in [0.3, 0.4) is 0 Å². The summed E-state index contributed by atoms with van der Waals surface area (Å²) in [6, 6.07) is 8.96. The minimum Gasteiger partial charge on any atom is -0.493 e. The summed E-state index contributed by atoms with van der Waals surface area (Å²) < 4.78 is 52.7. The van der Waals surface area contributed by atoms with Crippen molar-refractivity contribution in [3.63, 3.8) is 0 Å². The third-order valence-electron chi connectivity index (χ3n) is 8.28. The van der Waals surface area contributed by atoms with Gasteiger partial charge < -0.3 is 63.1 Å². The molecule has 0 radical (unpaired) electrons. The normalized spacial score (nSPS) is 34.1. The van der Waals surface area contributed by atoms with E-state index in [0.29, 0.717) is 34.3 Å². The largest absolute Gasteiger partial charge is 0.493 e. The Hall–Kier alpha value is -2.88. The van der Waals surface area contributed by atoms with E-state index in [2.05, 4.69) is 0 Å². The zero-order valence-corrected chi connectivity index (χ0v) is 24.1. The lowest BCUT2D eigenvalue weighted by Crippen LogP contribution is -2.61. The van der Waals surface area contributed by atoms with Gasteiger partial charge in [0.2, 0.25) is 5.75 Å². The molecule has 232 valence electrons. The highest BCUT2D eigenvalue weighted by Gasteiger charge is 2.63. The molecule has 0 aromatic heterocycles. The van der Waals surface area contributed by atoms with Crippen LogP contribution in [0.5, 0.6) is 28.7 Å². The second kappa shape index (κ2) is 12.4. The third kappa shape index (κ3) is 5.03. The van der Waals surface area contributed by atoms with Crippen LogP contribution in [0, 0.1) is 5.92 Å². The number of ether oxygens (including phenoxy) is 9. The van der Waals surface area contributed by atoms with Gasteiger partial charge in [-0.1, -0.05) is 6.07 Å². The molecular formula is C29H38O13. The average Bonchev–Trinajstić information content (AvgIpc) is 3.56. The van der Waals surface area contributed by atoms with Crippen molar-refractivity contribution in [3.05, 3.63) is 41.5 Å². The fourth-order valence-electron chi connectivity index (χ4n) is 6.09. The zero-order valence-electron chi connectivity index (χ0n) is 24.1. The number of hydrogen-bond donors (Lipinski definition) is 4. The Morgan fingerprint density at radius 2 is 1.40 bits per heavy atom. The van der Waals surface area contributed by atoms with Gasteiger partial charge in [0, 0.05) is 5.92 Å². The minimum atomic E-state index is -1.63. The molecule has 9 atom stereocenters. The van der Waals surface area contributed by atoms with Crippen LogP contribution in [0.15, 0.2) is 30.3 Å². The van der Waals surface area contributed by atoms with E-state index in [1.807, 2.05) is 12.1 Å². The van der Waals surface area contributed by atoms with Gasteiger partial charge in [0.15, 0.2) is 29.3 Å². The van der Waals surface area contributed by atoms with Crippen molar-refractivity contribution in [2.75, 3.05) is 55.4 Å². The number of rotatable bonds is 10. The van der Waals surface area contributed by atoms with Crippen molar-refractivity contribution >= 4 is 0 Å². The molecule has 0 aliphatic carbocycles. The van der Waals surface area contributed by atoms with Gasteiger partial charge in [-0.3, -0.25) is 0 Å². The Labute approximate surface area is 243 Å². The van der Waals surface area contributed by atoms with Gasteiger partial charge in [-0.25, -0.2) is 0 Å². The number of hydrogen-bond acceptors (Lipinski definition) is 13. The van der Waals surface area contributed by atoms with Crippen molar-refractivity contribution in [2.24, 2.45) is 5.92 Å². The average molecular weight is 595 g/mol. The highest BCUT2D eigenvalue weighted by molar-refractivity contribution is 5.55. The molecule has 2 aromatic carbocycles. The molecule has 3 aliphatic heterocycles. The van der Waals surface area contributed by atoms with E-state index in [4.69, 9.17) is 42.6 Å². The highest BCUT2D eigenvalue weighted by Crippen LogP contribution is 2.57. The first-order chi connectivity index (χ1) is 20.3. The van der Waals surface area contributed by atoms with Gasteiger partial charge in [0.1, 0.15) is 36.1 Å². The molecule has 2 aromatic rings. The summed E-state index contributed by atoms with van der Waals surface area (Å²) >= 11 is 0. The molecule has 0 spiro atoms. The van der Waals surface area contributed by atoms with Crippen LogP contribution in [-0.2, 0) is 18.9 Å². The molecule has 0 bridgehead atoms. The van der Waals surface area contributed by atoms with Crippen LogP contribution in [0.4, 0.5) is 0 Å². The number of methoxy groups -OCH3 is 5. The van der Waals surface area contributed by atoms with Crippen molar-refractivity contribution < 1.29 is 63.1 Å².